The molecule has 1 saturated heterocycles. The lowest BCUT2D eigenvalue weighted by molar-refractivity contribution is -0.143. The highest BCUT2D eigenvalue weighted by atomic mass is 16.2. The fraction of sp³-hybridized carbons (Fsp3) is 0.750. The number of carbonyl (C=O) groups excluding carboxylic acids is 1. The summed E-state index contributed by atoms with van der Waals surface area (Å²) >= 11 is 0. The molecule has 1 amide bonds. The molecule has 0 aromatic rings. The van der Waals surface area contributed by atoms with Crippen LogP contribution in [0.2, 0.25) is 0 Å². The first kappa shape index (κ1) is 6.20. The molecule has 1 radical (unpaired) electrons. The molecule has 2 heteroatoms. The van der Waals surface area contributed by atoms with Gasteiger partial charge in [0.1, 0.15) is 0 Å². The van der Waals surface area contributed by atoms with E-state index in [0.29, 0.717) is 5.41 Å². The number of hydrogen-bond acceptors (Lipinski definition) is 1. The number of nitrogens with zero attached hydrogens (tertiary/aromatic N) is 1. The van der Waals surface area contributed by atoms with Gasteiger partial charge < -0.3 is 4.90 Å². The van der Waals surface area contributed by atoms with Crippen molar-refractivity contribution in [2.24, 2.45) is 5.41 Å². The minimum Gasteiger partial charge on any atom is -0.342 e. The first-order chi connectivity index (χ1) is 4.72. The van der Waals surface area contributed by atoms with E-state index in [9.17, 15) is 4.79 Å². The number of likely N-dealkylation sites (tertiary alicyclic amines) is 1. The maximum Gasteiger partial charge on any atom is 0.219 e. The minimum atomic E-state index is 0.234. The van der Waals surface area contributed by atoms with Crippen molar-refractivity contribution < 1.29 is 4.79 Å². The van der Waals surface area contributed by atoms with Gasteiger partial charge >= 0.3 is 0 Å². The Kier molecular flexibility index (Phi) is 1.08. The predicted octanol–water partition coefficient (Wildman–Crippen LogP) is 0.833. The fourth-order valence-electron chi connectivity index (χ4n) is 1.80. The molecule has 1 saturated carbocycles. The van der Waals surface area contributed by atoms with Gasteiger partial charge in [-0.1, -0.05) is 0 Å². The molecule has 10 heavy (non-hydrogen) atoms. The summed E-state index contributed by atoms with van der Waals surface area (Å²) in [6.45, 7) is 3.67. The minimum absolute atomic E-state index is 0.234. The summed E-state index contributed by atoms with van der Waals surface area (Å²) < 4.78 is 0. The summed E-state index contributed by atoms with van der Waals surface area (Å²) in [7, 11) is 0. The van der Waals surface area contributed by atoms with E-state index in [-0.39, 0.29) is 5.91 Å². The van der Waals surface area contributed by atoms with E-state index in [1.807, 2.05) is 4.90 Å². The largest absolute Gasteiger partial charge is 0.342 e. The van der Waals surface area contributed by atoms with Crippen LogP contribution in [0.4, 0.5) is 0 Å². The van der Waals surface area contributed by atoms with Crippen molar-refractivity contribution in [1.29, 1.82) is 0 Å². The lowest BCUT2D eigenvalue weighted by Gasteiger charge is -2.55. The van der Waals surface area contributed by atoms with Crippen LogP contribution in [0.1, 0.15) is 19.8 Å². The molecule has 2 aliphatic rings. The second kappa shape index (κ2) is 1.74. The van der Waals surface area contributed by atoms with Crippen LogP contribution in [-0.2, 0) is 4.79 Å². The van der Waals surface area contributed by atoms with E-state index in [2.05, 4.69) is 6.42 Å². The Morgan fingerprint density at radius 1 is 1.50 bits per heavy atom. The SMILES string of the molecule is CC(=O)N1CC2(C[CH]C2)C1. The molecule has 2 rings (SSSR count). The summed E-state index contributed by atoms with van der Waals surface area (Å²) in [6.07, 6.45) is 4.77. The monoisotopic (exact) mass is 138 g/mol. The Morgan fingerprint density at radius 2 is 2.10 bits per heavy atom. The summed E-state index contributed by atoms with van der Waals surface area (Å²) in [5, 5.41) is 0. The molecule has 1 heterocycles. The fourth-order valence-corrected chi connectivity index (χ4v) is 1.80. The van der Waals surface area contributed by atoms with Crippen molar-refractivity contribution >= 4 is 5.91 Å². The molecule has 0 aromatic heterocycles. The van der Waals surface area contributed by atoms with Crippen molar-refractivity contribution in [3.8, 4) is 0 Å². The van der Waals surface area contributed by atoms with Gasteiger partial charge in [0.2, 0.25) is 5.91 Å². The summed E-state index contributed by atoms with van der Waals surface area (Å²) in [5.41, 5.74) is 0.547. The molecule has 1 aliphatic heterocycles. The zero-order valence-electron chi connectivity index (χ0n) is 6.26. The Hall–Kier alpha value is -0.530. The zero-order chi connectivity index (χ0) is 7.19. The maximum atomic E-state index is 10.8. The Balaban J connectivity index is 1.88. The van der Waals surface area contributed by atoms with E-state index >= 15 is 0 Å². The molecule has 1 aliphatic carbocycles. The molecule has 0 bridgehead atoms. The highest BCUT2D eigenvalue weighted by Crippen LogP contribution is 2.47. The predicted molar refractivity (Wildman–Crippen MR) is 38.2 cm³/mol. The van der Waals surface area contributed by atoms with E-state index in [1.165, 1.54) is 12.8 Å². The molecule has 0 unspecified atom stereocenters. The third kappa shape index (κ3) is 0.678. The van der Waals surface area contributed by atoms with Crippen LogP contribution in [-0.4, -0.2) is 23.9 Å². The highest BCUT2D eigenvalue weighted by Gasteiger charge is 2.48. The molecule has 0 atom stereocenters. The van der Waals surface area contributed by atoms with Gasteiger partial charge in [0.05, 0.1) is 0 Å². The van der Waals surface area contributed by atoms with Crippen LogP contribution in [0.3, 0.4) is 0 Å². The van der Waals surface area contributed by atoms with Crippen molar-refractivity contribution in [1.82, 2.24) is 4.90 Å². The second-order valence-electron chi connectivity index (χ2n) is 3.57. The molecule has 2 fully saturated rings. The summed E-state index contributed by atoms with van der Waals surface area (Å²) in [4.78, 5) is 12.7. The highest BCUT2D eigenvalue weighted by molar-refractivity contribution is 5.74. The summed E-state index contributed by atoms with van der Waals surface area (Å²) in [5.74, 6) is 0.234. The smallest absolute Gasteiger partial charge is 0.219 e. The number of hydrogen-bond donors (Lipinski definition) is 0. The van der Waals surface area contributed by atoms with Crippen molar-refractivity contribution in [3.05, 3.63) is 6.42 Å². The Morgan fingerprint density at radius 3 is 2.40 bits per heavy atom. The second-order valence-corrected chi connectivity index (χ2v) is 3.57. The van der Waals surface area contributed by atoms with Crippen LogP contribution in [0, 0.1) is 11.8 Å². The van der Waals surface area contributed by atoms with Crippen LogP contribution >= 0.6 is 0 Å². The average Bonchev–Trinajstić information content (AvgIpc) is 1.54. The number of rotatable bonds is 0. The van der Waals surface area contributed by atoms with Crippen LogP contribution in [0.25, 0.3) is 0 Å². The van der Waals surface area contributed by atoms with Gasteiger partial charge in [-0.15, -0.1) is 0 Å². The van der Waals surface area contributed by atoms with Crippen LogP contribution < -0.4 is 0 Å². The maximum absolute atomic E-state index is 10.8. The standard InChI is InChI=1S/C8H12NO/c1-7(10)9-5-8(6-9)3-2-4-8/h2H,3-6H2,1H3. The Labute approximate surface area is 61.2 Å². The van der Waals surface area contributed by atoms with Crippen LogP contribution in [0.5, 0.6) is 0 Å². The molecule has 55 valence electrons. The van der Waals surface area contributed by atoms with Gasteiger partial charge in [-0.3, -0.25) is 4.79 Å². The van der Waals surface area contributed by atoms with E-state index < -0.39 is 0 Å². The molecule has 2 nitrogen and oxygen atoms in total. The van der Waals surface area contributed by atoms with Gasteiger partial charge in [0.25, 0.3) is 0 Å². The third-order valence-electron chi connectivity index (χ3n) is 2.65. The lowest BCUT2D eigenvalue weighted by Crippen LogP contribution is -2.61. The molecular weight excluding hydrogens is 126 g/mol. The normalized spacial score (nSPS) is 27.5. The first-order valence-electron chi connectivity index (χ1n) is 3.79. The number of amides is 1. The summed E-state index contributed by atoms with van der Waals surface area (Å²) in [6, 6.07) is 0. The molecule has 0 N–H and O–H groups in total. The van der Waals surface area contributed by atoms with Gasteiger partial charge in [-0.05, 0) is 19.3 Å². The van der Waals surface area contributed by atoms with Gasteiger partial charge in [0.15, 0.2) is 0 Å². The van der Waals surface area contributed by atoms with Gasteiger partial charge in [-0.2, -0.15) is 0 Å². The van der Waals surface area contributed by atoms with Gasteiger partial charge in [-0.25, -0.2) is 0 Å². The van der Waals surface area contributed by atoms with Crippen LogP contribution in [0.15, 0.2) is 0 Å². The van der Waals surface area contributed by atoms with Gasteiger partial charge in [0, 0.05) is 25.4 Å². The lowest BCUT2D eigenvalue weighted by atomic mass is 9.63. The van der Waals surface area contributed by atoms with E-state index in [0.717, 1.165) is 13.1 Å². The number of carbonyl (C=O) groups is 1. The van der Waals surface area contributed by atoms with Crippen molar-refractivity contribution in [3.63, 3.8) is 0 Å². The molecular formula is C8H12NO. The quantitative estimate of drug-likeness (QED) is 0.485. The first-order valence-corrected chi connectivity index (χ1v) is 3.79. The topological polar surface area (TPSA) is 20.3 Å². The Bertz CT molecular complexity index is 164. The third-order valence-corrected chi connectivity index (χ3v) is 2.65. The van der Waals surface area contributed by atoms with E-state index in [1.54, 1.807) is 6.92 Å². The molecule has 1 spiro atoms. The zero-order valence-corrected chi connectivity index (χ0v) is 6.26. The van der Waals surface area contributed by atoms with E-state index in [4.69, 9.17) is 0 Å². The molecule has 0 aromatic carbocycles. The van der Waals surface area contributed by atoms with Crippen molar-refractivity contribution in [2.75, 3.05) is 13.1 Å². The average molecular weight is 138 g/mol. The van der Waals surface area contributed by atoms with Crippen molar-refractivity contribution in [2.45, 2.75) is 19.8 Å².